The highest BCUT2D eigenvalue weighted by atomic mass is 32.1. The number of thiophene rings is 1. The van der Waals surface area contributed by atoms with Crippen molar-refractivity contribution in [3.8, 4) is 5.75 Å². The van der Waals surface area contributed by atoms with Gasteiger partial charge in [-0.25, -0.2) is 4.79 Å². The minimum Gasteiger partial charge on any atom is -0.481 e. The van der Waals surface area contributed by atoms with Crippen molar-refractivity contribution in [3.63, 3.8) is 0 Å². The van der Waals surface area contributed by atoms with Gasteiger partial charge in [-0.3, -0.25) is 9.59 Å². The van der Waals surface area contributed by atoms with Crippen molar-refractivity contribution in [2.24, 2.45) is 0 Å². The second-order valence-corrected chi connectivity index (χ2v) is 7.52. The van der Waals surface area contributed by atoms with E-state index in [1.807, 2.05) is 25.1 Å². The van der Waals surface area contributed by atoms with Crippen molar-refractivity contribution >= 4 is 34.1 Å². The van der Waals surface area contributed by atoms with Crippen molar-refractivity contribution in [2.45, 2.75) is 33.3 Å². The van der Waals surface area contributed by atoms with E-state index >= 15 is 0 Å². The summed E-state index contributed by atoms with van der Waals surface area (Å²) in [7, 11) is 3.26. The van der Waals surface area contributed by atoms with Crippen molar-refractivity contribution in [3.05, 3.63) is 46.3 Å². The van der Waals surface area contributed by atoms with Crippen LogP contribution in [0.4, 0.5) is 5.00 Å². The number of carbonyl (C=O) groups is 3. The molecule has 1 heterocycles. The summed E-state index contributed by atoms with van der Waals surface area (Å²) in [5.41, 5.74) is 0.685. The minimum atomic E-state index is -0.747. The van der Waals surface area contributed by atoms with Gasteiger partial charge >= 0.3 is 5.97 Å². The summed E-state index contributed by atoms with van der Waals surface area (Å²) in [5, 5.41) is 3.04. The fourth-order valence-corrected chi connectivity index (χ4v) is 3.85. The number of rotatable bonds is 8. The number of benzene rings is 1. The molecular formula is C21H26N2O5S. The highest BCUT2D eigenvalue weighted by Gasteiger charge is 2.29. The Morgan fingerprint density at radius 3 is 2.34 bits per heavy atom. The molecular weight excluding hydrogens is 392 g/mol. The molecule has 156 valence electrons. The Hall–Kier alpha value is -2.87. The lowest BCUT2D eigenvalue weighted by Crippen LogP contribution is -2.32. The Labute approximate surface area is 174 Å². The van der Waals surface area contributed by atoms with Gasteiger partial charge in [-0.1, -0.05) is 25.1 Å². The van der Waals surface area contributed by atoms with Crippen LogP contribution in [0, 0.1) is 6.92 Å². The van der Waals surface area contributed by atoms with Crippen LogP contribution in [0.1, 0.15) is 45.9 Å². The summed E-state index contributed by atoms with van der Waals surface area (Å²) in [6.07, 6.45) is -0.314. The molecule has 8 heteroatoms. The van der Waals surface area contributed by atoms with Crippen LogP contribution < -0.4 is 10.1 Å². The molecule has 1 aromatic heterocycles. The highest BCUT2D eigenvalue weighted by molar-refractivity contribution is 7.18. The normalized spacial score (nSPS) is 11.5. The van der Waals surface area contributed by atoms with E-state index in [9.17, 15) is 14.4 Å². The molecule has 0 aliphatic rings. The lowest BCUT2D eigenvalue weighted by molar-refractivity contribution is -0.122. The molecule has 0 aliphatic heterocycles. The first-order valence-corrected chi connectivity index (χ1v) is 10.2. The maximum absolute atomic E-state index is 12.8. The molecule has 0 saturated carbocycles. The zero-order valence-corrected chi connectivity index (χ0v) is 18.1. The first kappa shape index (κ1) is 22.4. The zero-order chi connectivity index (χ0) is 21.6. The fourth-order valence-electron chi connectivity index (χ4n) is 2.64. The van der Waals surface area contributed by atoms with E-state index < -0.39 is 18.0 Å². The second-order valence-electron chi connectivity index (χ2n) is 6.50. The van der Waals surface area contributed by atoms with Gasteiger partial charge in [0.15, 0.2) is 6.10 Å². The average Bonchev–Trinajstić information content (AvgIpc) is 3.02. The van der Waals surface area contributed by atoms with Gasteiger partial charge in [-0.15, -0.1) is 11.3 Å². The molecule has 1 atom stereocenters. The summed E-state index contributed by atoms with van der Waals surface area (Å²) in [5.74, 6) is -0.643. The molecule has 1 N–H and O–H groups in total. The Morgan fingerprint density at radius 1 is 1.14 bits per heavy atom. The molecule has 0 bridgehead atoms. The zero-order valence-electron chi connectivity index (χ0n) is 17.3. The summed E-state index contributed by atoms with van der Waals surface area (Å²) in [6, 6.07) is 9.03. The topological polar surface area (TPSA) is 84.9 Å². The lowest BCUT2D eigenvalue weighted by atomic mass is 10.1. The molecule has 0 aliphatic carbocycles. The molecule has 1 aromatic carbocycles. The Morgan fingerprint density at radius 2 is 1.79 bits per heavy atom. The number of nitrogens with one attached hydrogen (secondary N) is 1. The number of para-hydroxylation sites is 1. The number of esters is 1. The molecule has 0 unspecified atom stereocenters. The predicted octanol–water partition coefficient (Wildman–Crippen LogP) is 3.73. The first-order chi connectivity index (χ1) is 13.8. The number of anilines is 1. The van der Waals surface area contributed by atoms with Gasteiger partial charge in [0.1, 0.15) is 10.8 Å². The molecule has 2 aromatic rings. The van der Waals surface area contributed by atoms with Gasteiger partial charge in [0.05, 0.1) is 17.0 Å². The van der Waals surface area contributed by atoms with Crippen LogP contribution in [0.25, 0.3) is 0 Å². The monoisotopic (exact) mass is 418 g/mol. The van der Waals surface area contributed by atoms with Crippen molar-refractivity contribution < 1.29 is 23.9 Å². The average molecular weight is 419 g/mol. The molecule has 2 rings (SSSR count). The van der Waals surface area contributed by atoms with E-state index in [4.69, 9.17) is 9.47 Å². The SMILES string of the molecule is CCOC(=O)c1c(NC(=O)[C@H](CC)Oc2ccccc2)sc(C(=O)N(C)C)c1C. The summed E-state index contributed by atoms with van der Waals surface area (Å²) in [6.45, 7) is 5.39. The van der Waals surface area contributed by atoms with Gasteiger partial charge in [-0.2, -0.15) is 0 Å². The number of ether oxygens (including phenoxy) is 2. The maximum Gasteiger partial charge on any atom is 0.341 e. The predicted molar refractivity (Wildman–Crippen MR) is 113 cm³/mol. The summed E-state index contributed by atoms with van der Waals surface area (Å²) < 4.78 is 10.9. The number of nitrogens with zero attached hydrogens (tertiary/aromatic N) is 1. The maximum atomic E-state index is 12.8. The van der Waals surface area contributed by atoms with E-state index in [1.54, 1.807) is 40.1 Å². The van der Waals surface area contributed by atoms with Crippen LogP contribution in [0.5, 0.6) is 5.75 Å². The van der Waals surface area contributed by atoms with Crippen LogP contribution in [-0.2, 0) is 9.53 Å². The van der Waals surface area contributed by atoms with E-state index in [2.05, 4.69) is 5.32 Å². The lowest BCUT2D eigenvalue weighted by Gasteiger charge is -2.17. The van der Waals surface area contributed by atoms with Gasteiger partial charge < -0.3 is 19.7 Å². The molecule has 29 heavy (non-hydrogen) atoms. The van der Waals surface area contributed by atoms with Crippen LogP contribution in [0.15, 0.2) is 30.3 Å². The molecule has 2 amide bonds. The van der Waals surface area contributed by atoms with E-state index in [1.165, 1.54) is 4.90 Å². The quantitative estimate of drug-likeness (QED) is 0.660. The number of hydrogen-bond donors (Lipinski definition) is 1. The van der Waals surface area contributed by atoms with Crippen molar-refractivity contribution in [1.82, 2.24) is 4.90 Å². The van der Waals surface area contributed by atoms with Crippen molar-refractivity contribution in [2.75, 3.05) is 26.0 Å². The fraction of sp³-hybridized carbons (Fsp3) is 0.381. The Bertz CT molecular complexity index is 877. The van der Waals surface area contributed by atoms with Crippen LogP contribution in [-0.4, -0.2) is 49.5 Å². The molecule has 0 saturated heterocycles. The second kappa shape index (κ2) is 10.1. The van der Waals surface area contributed by atoms with Gasteiger partial charge in [-0.05, 0) is 38.0 Å². The minimum absolute atomic E-state index is 0.188. The van der Waals surface area contributed by atoms with Gasteiger partial charge in [0.2, 0.25) is 0 Å². The number of amides is 2. The number of hydrogen-bond acceptors (Lipinski definition) is 6. The molecule has 0 fully saturated rings. The van der Waals surface area contributed by atoms with Gasteiger partial charge in [0.25, 0.3) is 11.8 Å². The Kier molecular flexibility index (Phi) is 7.78. The molecule has 7 nitrogen and oxygen atoms in total. The van der Waals surface area contributed by atoms with E-state index in [-0.39, 0.29) is 23.1 Å². The van der Waals surface area contributed by atoms with E-state index in [0.29, 0.717) is 22.6 Å². The van der Waals surface area contributed by atoms with Crippen LogP contribution in [0.3, 0.4) is 0 Å². The van der Waals surface area contributed by atoms with Crippen LogP contribution >= 0.6 is 11.3 Å². The molecule has 0 radical (unpaired) electrons. The smallest absolute Gasteiger partial charge is 0.341 e. The number of carbonyl (C=O) groups excluding carboxylic acids is 3. The summed E-state index contributed by atoms with van der Waals surface area (Å²) in [4.78, 5) is 39.6. The first-order valence-electron chi connectivity index (χ1n) is 9.34. The third kappa shape index (κ3) is 5.35. The standard InChI is InChI=1S/C21H26N2O5S/c1-6-15(28-14-11-9-8-10-12-14)18(24)22-19-16(21(26)27-7-2)13(3)17(29-19)20(25)23(4)5/h8-12,15H,6-7H2,1-5H3,(H,22,24)/t15-/m0/s1. The highest BCUT2D eigenvalue weighted by Crippen LogP contribution is 2.34. The Balaban J connectivity index is 2.33. The van der Waals surface area contributed by atoms with Crippen molar-refractivity contribution in [1.29, 1.82) is 0 Å². The molecule has 0 spiro atoms. The van der Waals surface area contributed by atoms with Crippen LogP contribution in [0.2, 0.25) is 0 Å². The largest absolute Gasteiger partial charge is 0.481 e. The summed E-state index contributed by atoms with van der Waals surface area (Å²) >= 11 is 1.06. The van der Waals surface area contributed by atoms with Gasteiger partial charge in [0, 0.05) is 14.1 Å². The third-order valence-electron chi connectivity index (χ3n) is 4.15. The third-order valence-corrected chi connectivity index (χ3v) is 5.34. The van der Waals surface area contributed by atoms with E-state index in [0.717, 1.165) is 11.3 Å².